The maximum Gasteiger partial charge on any atom is 0.351 e. The molecule has 4 heterocycles. The highest BCUT2D eigenvalue weighted by Crippen LogP contribution is 2.67. The van der Waals surface area contributed by atoms with Crippen molar-refractivity contribution in [3.63, 3.8) is 0 Å². The summed E-state index contributed by atoms with van der Waals surface area (Å²) in [6.45, 7) is 14.2. The van der Waals surface area contributed by atoms with Gasteiger partial charge >= 0.3 is 29.5 Å². The molecule has 11 nitrogen and oxygen atoms in total. The largest absolute Gasteiger partial charge is 0.483 e. The van der Waals surface area contributed by atoms with E-state index in [4.69, 9.17) is 28.1 Å². The number of benzene rings is 1. The second kappa shape index (κ2) is 8.47. The Bertz CT molecular complexity index is 1780. The van der Waals surface area contributed by atoms with Crippen LogP contribution in [0.2, 0.25) is 0 Å². The molecule has 4 unspecified atom stereocenters. The minimum Gasteiger partial charge on any atom is -0.483 e. The van der Waals surface area contributed by atoms with Crippen molar-refractivity contribution in [1.29, 1.82) is 0 Å². The number of hydrogen-bond donors (Lipinski definition) is 0. The third-order valence-electron chi connectivity index (χ3n) is 12.7. The normalized spacial score (nSPS) is 37.9. The van der Waals surface area contributed by atoms with E-state index >= 15 is 0 Å². The summed E-state index contributed by atoms with van der Waals surface area (Å²) in [7, 11) is 0. The summed E-state index contributed by atoms with van der Waals surface area (Å²) in [6.07, 6.45) is -1.26. The van der Waals surface area contributed by atoms with Crippen LogP contribution in [0.5, 0.6) is 5.75 Å². The van der Waals surface area contributed by atoms with E-state index in [0.29, 0.717) is 18.2 Å². The highest BCUT2D eigenvalue weighted by Gasteiger charge is 2.78. The van der Waals surface area contributed by atoms with Crippen LogP contribution in [0.4, 0.5) is 0 Å². The Morgan fingerprint density at radius 1 is 0.689 bits per heavy atom. The summed E-state index contributed by atoms with van der Waals surface area (Å²) in [4.78, 5) is 67.1. The van der Waals surface area contributed by atoms with Crippen LogP contribution in [-0.2, 0) is 38.1 Å². The van der Waals surface area contributed by atoms with Crippen LogP contribution in [0.1, 0.15) is 92.7 Å². The maximum atomic E-state index is 14.4. The molecule has 4 fully saturated rings. The Hall–Kier alpha value is -3.89. The summed E-state index contributed by atoms with van der Waals surface area (Å²) in [6, 6.07) is 6.22. The minimum absolute atomic E-state index is 0.102. The minimum atomic E-state index is -1.59. The van der Waals surface area contributed by atoms with E-state index in [0.717, 1.165) is 0 Å². The van der Waals surface area contributed by atoms with Gasteiger partial charge in [0.15, 0.2) is 12.2 Å². The smallest absolute Gasteiger partial charge is 0.351 e. The van der Waals surface area contributed by atoms with Gasteiger partial charge in [-0.25, -0.2) is 14.4 Å². The molecular weight excluding hydrogens is 584 g/mol. The SMILES string of the molecule is CC1(C)Oc2ccc3ccc(=O)oc3c2[C@@H](OC(=O)C23CCC(C)(C(=O)O2)C3(C)C)[C@H]1OC(=O)C12CCC(C)(C(=O)O1)C2(C)C. The molecule has 0 amide bonds. The van der Waals surface area contributed by atoms with E-state index in [1.807, 2.05) is 27.7 Å². The monoisotopic (exact) mass is 622 g/mol. The van der Waals surface area contributed by atoms with Gasteiger partial charge in [-0.1, -0.05) is 27.7 Å². The lowest BCUT2D eigenvalue weighted by Crippen LogP contribution is -2.57. The van der Waals surface area contributed by atoms with Gasteiger partial charge in [0.05, 0.1) is 16.4 Å². The first kappa shape index (κ1) is 29.8. The molecule has 4 bridgehead atoms. The van der Waals surface area contributed by atoms with Crippen LogP contribution in [-0.4, -0.2) is 46.8 Å². The molecule has 2 saturated heterocycles. The molecule has 5 aliphatic rings. The molecule has 11 heteroatoms. The first-order chi connectivity index (χ1) is 20.8. The van der Waals surface area contributed by atoms with E-state index < -0.39 is 80.2 Å². The number of esters is 4. The third kappa shape index (κ3) is 3.29. The molecule has 2 aromatic rings. The van der Waals surface area contributed by atoms with Crippen LogP contribution >= 0.6 is 0 Å². The molecule has 0 N–H and O–H groups in total. The van der Waals surface area contributed by atoms with Gasteiger partial charge in [0.25, 0.3) is 0 Å². The number of rotatable bonds is 4. The highest BCUT2D eigenvalue weighted by molar-refractivity contribution is 5.95. The zero-order valence-corrected chi connectivity index (χ0v) is 26.8. The Balaban J connectivity index is 1.36. The van der Waals surface area contributed by atoms with Crippen molar-refractivity contribution in [2.45, 2.75) is 110 Å². The fourth-order valence-corrected chi connectivity index (χ4v) is 8.50. The van der Waals surface area contributed by atoms with Crippen LogP contribution in [0.3, 0.4) is 0 Å². The summed E-state index contributed by atoms with van der Waals surface area (Å²) in [5.41, 5.74) is -8.36. The molecule has 240 valence electrons. The predicted molar refractivity (Wildman–Crippen MR) is 156 cm³/mol. The van der Waals surface area contributed by atoms with Gasteiger partial charge in [0.1, 0.15) is 16.9 Å². The Labute approximate surface area is 259 Å². The third-order valence-corrected chi connectivity index (χ3v) is 12.7. The van der Waals surface area contributed by atoms with Crippen LogP contribution in [0.25, 0.3) is 11.0 Å². The molecule has 0 spiro atoms. The van der Waals surface area contributed by atoms with Gasteiger partial charge in [-0.05, 0) is 71.6 Å². The second-order valence-corrected chi connectivity index (χ2v) is 15.4. The zero-order chi connectivity index (χ0) is 32.8. The average molecular weight is 623 g/mol. The predicted octanol–water partition coefficient (Wildman–Crippen LogP) is 4.70. The first-order valence-corrected chi connectivity index (χ1v) is 15.4. The van der Waals surface area contributed by atoms with Gasteiger partial charge in [-0.3, -0.25) is 9.59 Å². The van der Waals surface area contributed by atoms with Crippen molar-refractivity contribution < 1.29 is 47.3 Å². The van der Waals surface area contributed by atoms with Crippen molar-refractivity contribution >= 4 is 34.8 Å². The van der Waals surface area contributed by atoms with E-state index in [9.17, 15) is 24.0 Å². The number of ether oxygens (including phenoxy) is 5. The molecule has 1 aromatic heterocycles. The topological polar surface area (TPSA) is 145 Å². The van der Waals surface area contributed by atoms with Gasteiger partial charge in [-0.2, -0.15) is 0 Å². The average Bonchev–Trinajstić information content (AvgIpc) is 3.42. The van der Waals surface area contributed by atoms with Crippen LogP contribution < -0.4 is 10.4 Å². The maximum absolute atomic E-state index is 14.4. The number of carbonyl (C=O) groups excluding carboxylic acids is 4. The van der Waals surface area contributed by atoms with Crippen LogP contribution in [0, 0.1) is 21.7 Å². The fourth-order valence-electron chi connectivity index (χ4n) is 8.50. The van der Waals surface area contributed by atoms with Crippen LogP contribution in [0.15, 0.2) is 33.5 Å². The Kier molecular flexibility index (Phi) is 5.61. The van der Waals surface area contributed by atoms with Crippen molar-refractivity contribution in [1.82, 2.24) is 0 Å². The van der Waals surface area contributed by atoms with E-state index in [1.54, 1.807) is 45.9 Å². The van der Waals surface area contributed by atoms with E-state index in [-0.39, 0.29) is 29.7 Å². The fraction of sp³-hybridized carbons (Fsp3) is 0.618. The van der Waals surface area contributed by atoms with Crippen molar-refractivity contribution in [2.24, 2.45) is 21.7 Å². The van der Waals surface area contributed by atoms with Gasteiger partial charge in [0.2, 0.25) is 11.2 Å². The summed E-state index contributed by atoms with van der Waals surface area (Å²) in [5.74, 6) is -2.26. The van der Waals surface area contributed by atoms with E-state index in [1.165, 1.54) is 6.07 Å². The molecule has 2 saturated carbocycles. The second-order valence-electron chi connectivity index (χ2n) is 15.4. The summed E-state index contributed by atoms with van der Waals surface area (Å²) < 4.78 is 36.2. The molecule has 7 rings (SSSR count). The molecule has 0 radical (unpaired) electrons. The quantitative estimate of drug-likeness (QED) is 0.266. The number of hydrogen-bond acceptors (Lipinski definition) is 11. The zero-order valence-electron chi connectivity index (χ0n) is 26.8. The molecule has 3 aliphatic heterocycles. The Morgan fingerprint density at radius 3 is 1.69 bits per heavy atom. The molecule has 6 atom stereocenters. The number of fused-ring (bicyclic) bond motifs is 7. The molecular formula is C34H38O11. The number of carbonyl (C=O) groups is 4. The summed E-state index contributed by atoms with van der Waals surface area (Å²) >= 11 is 0. The molecule has 1 aromatic carbocycles. The van der Waals surface area contributed by atoms with Gasteiger partial charge < -0.3 is 28.1 Å². The standard InChI is InChI=1S/C34H38O11/c1-28(2)23(42-27(39)34-16-14-32(8,25(37)45-34)30(34,5)6)22(20-18(43-28)11-9-17-10-12-19(35)40-21(17)20)41-26(38)33-15-13-31(7,24(36)44-33)29(33,3)4/h9-12,22-23H,13-16H2,1-8H3/t22-,23-,31?,32?,33?,34?/m1/s1. The van der Waals surface area contributed by atoms with Crippen molar-refractivity contribution in [3.05, 3.63) is 40.2 Å². The lowest BCUT2D eigenvalue weighted by atomic mass is 9.66. The van der Waals surface area contributed by atoms with Gasteiger partial charge in [0, 0.05) is 22.3 Å². The lowest BCUT2D eigenvalue weighted by Gasteiger charge is -2.45. The van der Waals surface area contributed by atoms with Crippen molar-refractivity contribution in [2.75, 3.05) is 0 Å². The molecule has 45 heavy (non-hydrogen) atoms. The Morgan fingerprint density at radius 2 is 1.20 bits per heavy atom. The highest BCUT2D eigenvalue weighted by atomic mass is 16.7. The van der Waals surface area contributed by atoms with Gasteiger partial charge in [-0.15, -0.1) is 0 Å². The van der Waals surface area contributed by atoms with E-state index in [2.05, 4.69) is 0 Å². The summed E-state index contributed by atoms with van der Waals surface area (Å²) in [5, 5.41) is 0.526. The first-order valence-electron chi connectivity index (χ1n) is 15.4. The molecule has 2 aliphatic carbocycles. The lowest BCUT2D eigenvalue weighted by molar-refractivity contribution is -0.217. The van der Waals surface area contributed by atoms with Crippen molar-refractivity contribution in [3.8, 4) is 5.75 Å².